The molecular formula is C23H29N3OS. The SMILES string of the molecule is CC1CCCN(CCCNC(=O)Cn2c(-c3cccs3)cc3ccccc32)C1. The van der Waals surface area contributed by atoms with Crippen LogP contribution in [0.1, 0.15) is 26.2 Å². The van der Waals surface area contributed by atoms with Crippen LogP contribution in [0.15, 0.2) is 47.8 Å². The molecule has 1 aromatic carbocycles. The quantitative estimate of drug-likeness (QED) is 0.593. The van der Waals surface area contributed by atoms with Crippen molar-refractivity contribution in [1.29, 1.82) is 0 Å². The van der Waals surface area contributed by atoms with E-state index in [0.29, 0.717) is 6.54 Å². The van der Waals surface area contributed by atoms with E-state index in [1.807, 2.05) is 12.1 Å². The molecule has 1 saturated heterocycles. The van der Waals surface area contributed by atoms with Crippen LogP contribution in [0.25, 0.3) is 21.5 Å². The normalized spacial score (nSPS) is 17.8. The molecule has 1 aliphatic rings. The first kappa shape index (κ1) is 19.2. The van der Waals surface area contributed by atoms with Crippen LogP contribution in [-0.2, 0) is 11.3 Å². The first-order chi connectivity index (χ1) is 13.7. The maximum Gasteiger partial charge on any atom is 0.239 e. The van der Waals surface area contributed by atoms with E-state index >= 15 is 0 Å². The van der Waals surface area contributed by atoms with Crippen LogP contribution in [0.3, 0.4) is 0 Å². The maximum absolute atomic E-state index is 12.6. The topological polar surface area (TPSA) is 37.3 Å². The highest BCUT2D eigenvalue weighted by Gasteiger charge is 2.16. The molecule has 148 valence electrons. The van der Waals surface area contributed by atoms with Crippen LogP contribution in [0.5, 0.6) is 0 Å². The number of hydrogen-bond donors (Lipinski definition) is 1. The zero-order valence-corrected chi connectivity index (χ0v) is 17.4. The molecule has 5 heteroatoms. The zero-order valence-electron chi connectivity index (χ0n) is 16.6. The number of rotatable bonds is 7. The highest BCUT2D eigenvalue weighted by atomic mass is 32.1. The fourth-order valence-corrected chi connectivity index (χ4v) is 4.98. The highest BCUT2D eigenvalue weighted by molar-refractivity contribution is 7.13. The Morgan fingerprint density at radius 2 is 2.14 bits per heavy atom. The molecule has 1 unspecified atom stereocenters. The lowest BCUT2D eigenvalue weighted by molar-refractivity contribution is -0.121. The Bertz CT molecular complexity index is 915. The van der Waals surface area contributed by atoms with Crippen molar-refractivity contribution in [3.8, 4) is 10.6 Å². The lowest BCUT2D eigenvalue weighted by Gasteiger charge is -2.30. The van der Waals surface area contributed by atoms with E-state index in [0.717, 1.165) is 36.6 Å². The van der Waals surface area contributed by atoms with Crippen LogP contribution in [0.2, 0.25) is 0 Å². The third-order valence-corrected chi connectivity index (χ3v) is 6.49. The Hall–Kier alpha value is -2.11. The standard InChI is InChI=1S/C23H29N3OS/c1-18-7-4-12-25(16-18)13-6-11-24-23(27)17-26-20-9-3-2-8-19(20)15-21(26)22-10-5-14-28-22/h2-3,5,8-10,14-15,18H,4,6-7,11-13,16-17H2,1H3,(H,24,27). The van der Waals surface area contributed by atoms with Crippen LogP contribution in [0, 0.1) is 5.92 Å². The van der Waals surface area contributed by atoms with Gasteiger partial charge in [0.05, 0.1) is 10.6 Å². The molecule has 1 amide bonds. The summed E-state index contributed by atoms with van der Waals surface area (Å²) in [7, 11) is 0. The third kappa shape index (κ3) is 4.47. The largest absolute Gasteiger partial charge is 0.355 e. The molecule has 0 radical (unpaired) electrons. The fourth-order valence-electron chi connectivity index (χ4n) is 4.23. The molecule has 4 nitrogen and oxygen atoms in total. The highest BCUT2D eigenvalue weighted by Crippen LogP contribution is 2.31. The van der Waals surface area contributed by atoms with Gasteiger partial charge in [0.2, 0.25) is 5.91 Å². The molecule has 3 heterocycles. The molecule has 3 aromatic rings. The van der Waals surface area contributed by atoms with Gasteiger partial charge in [-0.3, -0.25) is 4.79 Å². The Morgan fingerprint density at radius 3 is 2.96 bits per heavy atom. The first-order valence-electron chi connectivity index (χ1n) is 10.3. The van der Waals surface area contributed by atoms with Gasteiger partial charge in [0.25, 0.3) is 0 Å². The number of benzene rings is 1. The first-order valence-corrected chi connectivity index (χ1v) is 11.2. The Morgan fingerprint density at radius 1 is 1.25 bits per heavy atom. The second-order valence-electron chi connectivity index (χ2n) is 7.90. The summed E-state index contributed by atoms with van der Waals surface area (Å²) >= 11 is 1.71. The summed E-state index contributed by atoms with van der Waals surface area (Å²) in [4.78, 5) is 16.4. The summed E-state index contributed by atoms with van der Waals surface area (Å²) in [6.45, 7) is 6.93. The zero-order chi connectivity index (χ0) is 19.3. The summed E-state index contributed by atoms with van der Waals surface area (Å²) < 4.78 is 2.14. The lowest BCUT2D eigenvalue weighted by Crippen LogP contribution is -2.37. The Kier molecular flexibility index (Phi) is 6.13. The molecule has 0 bridgehead atoms. The van der Waals surface area contributed by atoms with Gasteiger partial charge in [-0.25, -0.2) is 0 Å². The predicted molar refractivity (Wildman–Crippen MR) is 118 cm³/mol. The number of para-hydroxylation sites is 1. The summed E-state index contributed by atoms with van der Waals surface area (Å²) in [5, 5.41) is 6.39. The number of fused-ring (bicyclic) bond motifs is 1. The Balaban J connectivity index is 1.36. The molecule has 28 heavy (non-hydrogen) atoms. The molecule has 2 aromatic heterocycles. The van der Waals surface area contributed by atoms with Crippen molar-refractivity contribution in [2.45, 2.75) is 32.7 Å². The lowest BCUT2D eigenvalue weighted by atomic mass is 10.0. The molecule has 1 N–H and O–H groups in total. The van der Waals surface area contributed by atoms with Gasteiger partial charge in [-0.15, -0.1) is 11.3 Å². The molecule has 1 atom stereocenters. The summed E-state index contributed by atoms with van der Waals surface area (Å²) in [5.41, 5.74) is 2.23. The summed E-state index contributed by atoms with van der Waals surface area (Å²) in [5.74, 6) is 0.896. The minimum absolute atomic E-state index is 0.0890. The van der Waals surface area contributed by atoms with Crippen molar-refractivity contribution in [3.63, 3.8) is 0 Å². The van der Waals surface area contributed by atoms with Gasteiger partial charge in [0.15, 0.2) is 0 Å². The smallest absolute Gasteiger partial charge is 0.239 e. The van der Waals surface area contributed by atoms with Crippen molar-refractivity contribution in [2.24, 2.45) is 5.92 Å². The van der Waals surface area contributed by atoms with E-state index in [2.05, 4.69) is 57.4 Å². The monoisotopic (exact) mass is 395 g/mol. The number of nitrogens with zero attached hydrogens (tertiary/aromatic N) is 2. The second-order valence-corrected chi connectivity index (χ2v) is 8.85. The maximum atomic E-state index is 12.6. The summed E-state index contributed by atoms with van der Waals surface area (Å²) in [6.07, 6.45) is 3.67. The van der Waals surface area contributed by atoms with Crippen molar-refractivity contribution in [2.75, 3.05) is 26.2 Å². The van der Waals surface area contributed by atoms with Gasteiger partial charge in [-0.05, 0) is 61.8 Å². The van der Waals surface area contributed by atoms with Crippen molar-refractivity contribution in [3.05, 3.63) is 47.8 Å². The second kappa shape index (κ2) is 8.93. The number of piperidine rings is 1. The molecule has 1 fully saturated rings. The molecule has 0 spiro atoms. The summed E-state index contributed by atoms with van der Waals surface area (Å²) in [6, 6.07) is 14.7. The number of hydrogen-bond acceptors (Lipinski definition) is 3. The van der Waals surface area contributed by atoms with Crippen LogP contribution >= 0.6 is 11.3 Å². The number of likely N-dealkylation sites (tertiary alicyclic amines) is 1. The number of nitrogens with one attached hydrogen (secondary N) is 1. The van der Waals surface area contributed by atoms with Crippen LogP contribution < -0.4 is 5.32 Å². The van der Waals surface area contributed by atoms with Gasteiger partial charge in [0.1, 0.15) is 6.54 Å². The molecule has 0 aliphatic carbocycles. The van der Waals surface area contributed by atoms with Gasteiger partial charge in [-0.2, -0.15) is 0 Å². The number of carbonyl (C=O) groups is 1. The number of aromatic nitrogens is 1. The van der Waals surface area contributed by atoms with Crippen LogP contribution in [-0.4, -0.2) is 41.6 Å². The third-order valence-electron chi connectivity index (χ3n) is 5.60. The predicted octanol–water partition coefficient (Wildman–Crippen LogP) is 4.61. The number of thiophene rings is 1. The number of carbonyl (C=O) groups excluding carboxylic acids is 1. The van der Waals surface area contributed by atoms with E-state index in [4.69, 9.17) is 0 Å². The minimum Gasteiger partial charge on any atom is -0.355 e. The van der Waals surface area contributed by atoms with E-state index in [9.17, 15) is 4.79 Å². The van der Waals surface area contributed by atoms with Gasteiger partial charge < -0.3 is 14.8 Å². The van der Waals surface area contributed by atoms with Gasteiger partial charge in [0, 0.05) is 24.0 Å². The molecular weight excluding hydrogens is 366 g/mol. The van der Waals surface area contributed by atoms with Crippen molar-refractivity contribution < 1.29 is 4.79 Å². The average Bonchev–Trinajstić information content (AvgIpc) is 3.34. The molecule has 1 aliphatic heterocycles. The van der Waals surface area contributed by atoms with E-state index in [1.54, 1.807) is 11.3 Å². The van der Waals surface area contributed by atoms with E-state index < -0.39 is 0 Å². The van der Waals surface area contributed by atoms with E-state index in [1.165, 1.54) is 36.2 Å². The molecule has 0 saturated carbocycles. The van der Waals surface area contributed by atoms with Crippen molar-refractivity contribution >= 4 is 28.1 Å². The number of amides is 1. The fraction of sp³-hybridized carbons (Fsp3) is 0.435. The van der Waals surface area contributed by atoms with Gasteiger partial charge >= 0.3 is 0 Å². The Labute approximate surface area is 171 Å². The van der Waals surface area contributed by atoms with E-state index in [-0.39, 0.29) is 5.91 Å². The van der Waals surface area contributed by atoms with Crippen LogP contribution in [0.4, 0.5) is 0 Å². The van der Waals surface area contributed by atoms with Gasteiger partial charge in [-0.1, -0.05) is 31.2 Å². The minimum atomic E-state index is 0.0890. The van der Waals surface area contributed by atoms with Crippen molar-refractivity contribution in [1.82, 2.24) is 14.8 Å². The average molecular weight is 396 g/mol. The molecule has 4 rings (SSSR count).